The highest BCUT2D eigenvalue weighted by atomic mass is 35.5. The van der Waals surface area contributed by atoms with Gasteiger partial charge in [-0.05, 0) is 30.2 Å². The van der Waals surface area contributed by atoms with Gasteiger partial charge in [0, 0.05) is 44.0 Å². The molecule has 3 aromatic rings. The van der Waals surface area contributed by atoms with Crippen molar-refractivity contribution in [2.75, 3.05) is 39.3 Å². The molecule has 1 aliphatic heterocycles. The average Bonchev–Trinajstić information content (AvgIpc) is 2.82. The van der Waals surface area contributed by atoms with Crippen LogP contribution in [0.5, 0.6) is 0 Å². The Hall–Kier alpha value is -2.73. The van der Waals surface area contributed by atoms with Crippen LogP contribution in [0.25, 0.3) is 0 Å². The highest BCUT2D eigenvalue weighted by Crippen LogP contribution is 2.25. The SMILES string of the molecule is Cc1cc(C(=O)N2CCN(CCOC(c3ccccc3)c3ccccc3)CC2)cc(Cl)n1. The Morgan fingerprint density at radius 3 is 2.12 bits per heavy atom. The zero-order chi connectivity index (χ0) is 22.3. The van der Waals surface area contributed by atoms with Gasteiger partial charge < -0.3 is 9.64 Å². The van der Waals surface area contributed by atoms with Gasteiger partial charge in [0.15, 0.2) is 0 Å². The molecule has 0 atom stereocenters. The third-order valence-electron chi connectivity index (χ3n) is 5.73. The van der Waals surface area contributed by atoms with E-state index in [1.165, 1.54) is 0 Å². The van der Waals surface area contributed by atoms with Crippen LogP contribution in [0.3, 0.4) is 0 Å². The minimum Gasteiger partial charge on any atom is -0.367 e. The van der Waals surface area contributed by atoms with E-state index in [-0.39, 0.29) is 12.0 Å². The first kappa shape index (κ1) is 22.5. The maximum Gasteiger partial charge on any atom is 0.254 e. The topological polar surface area (TPSA) is 45.7 Å². The van der Waals surface area contributed by atoms with E-state index in [1.54, 1.807) is 12.1 Å². The van der Waals surface area contributed by atoms with Gasteiger partial charge in [-0.2, -0.15) is 0 Å². The van der Waals surface area contributed by atoms with Gasteiger partial charge in [0.1, 0.15) is 11.3 Å². The quantitative estimate of drug-likeness (QED) is 0.494. The predicted molar refractivity (Wildman–Crippen MR) is 127 cm³/mol. The van der Waals surface area contributed by atoms with Crippen LogP contribution >= 0.6 is 11.6 Å². The molecule has 0 N–H and O–H groups in total. The van der Waals surface area contributed by atoms with Gasteiger partial charge in [-0.1, -0.05) is 72.3 Å². The summed E-state index contributed by atoms with van der Waals surface area (Å²) >= 11 is 6.02. The summed E-state index contributed by atoms with van der Waals surface area (Å²) in [6, 6.07) is 24.1. The Balaban J connectivity index is 1.30. The van der Waals surface area contributed by atoms with Crippen molar-refractivity contribution < 1.29 is 9.53 Å². The molecular formula is C26H28ClN3O2. The highest BCUT2D eigenvalue weighted by molar-refractivity contribution is 6.29. The molecule has 0 radical (unpaired) electrons. The van der Waals surface area contributed by atoms with Gasteiger partial charge in [0.25, 0.3) is 5.91 Å². The van der Waals surface area contributed by atoms with Crippen LogP contribution in [0.4, 0.5) is 0 Å². The number of piperazine rings is 1. The van der Waals surface area contributed by atoms with Crippen LogP contribution in [0.15, 0.2) is 72.8 Å². The molecule has 5 nitrogen and oxygen atoms in total. The third kappa shape index (κ3) is 5.74. The number of amides is 1. The Morgan fingerprint density at radius 2 is 1.56 bits per heavy atom. The normalized spacial score (nSPS) is 14.7. The number of hydrogen-bond acceptors (Lipinski definition) is 4. The molecule has 0 bridgehead atoms. The van der Waals surface area contributed by atoms with E-state index in [2.05, 4.69) is 34.1 Å². The number of aryl methyl sites for hydroxylation is 1. The number of hydrogen-bond donors (Lipinski definition) is 0. The molecule has 1 aromatic heterocycles. The number of carbonyl (C=O) groups is 1. The van der Waals surface area contributed by atoms with E-state index in [0.717, 1.165) is 36.5 Å². The van der Waals surface area contributed by atoms with Gasteiger partial charge in [0.2, 0.25) is 0 Å². The number of halogens is 1. The van der Waals surface area contributed by atoms with Crippen LogP contribution in [0.2, 0.25) is 5.15 Å². The largest absolute Gasteiger partial charge is 0.367 e. The summed E-state index contributed by atoms with van der Waals surface area (Å²) in [5.41, 5.74) is 3.66. The molecule has 32 heavy (non-hydrogen) atoms. The summed E-state index contributed by atoms with van der Waals surface area (Å²) in [4.78, 5) is 21.2. The monoisotopic (exact) mass is 449 g/mol. The van der Waals surface area contributed by atoms with Gasteiger partial charge in [0.05, 0.1) is 6.61 Å². The first-order chi connectivity index (χ1) is 15.6. The first-order valence-corrected chi connectivity index (χ1v) is 11.4. The van der Waals surface area contributed by atoms with Gasteiger partial charge in [-0.25, -0.2) is 4.98 Å². The lowest BCUT2D eigenvalue weighted by Gasteiger charge is -2.35. The smallest absolute Gasteiger partial charge is 0.254 e. The molecule has 0 unspecified atom stereocenters. The molecule has 1 amide bonds. The van der Waals surface area contributed by atoms with Crippen molar-refractivity contribution in [3.05, 3.63) is 100 Å². The fourth-order valence-corrected chi connectivity index (χ4v) is 4.30. The van der Waals surface area contributed by atoms with E-state index in [4.69, 9.17) is 16.3 Å². The van der Waals surface area contributed by atoms with E-state index in [9.17, 15) is 4.79 Å². The van der Waals surface area contributed by atoms with Crippen LogP contribution in [0.1, 0.15) is 33.3 Å². The molecule has 6 heteroatoms. The fourth-order valence-electron chi connectivity index (χ4n) is 4.05. The van der Waals surface area contributed by atoms with Crippen molar-refractivity contribution in [1.29, 1.82) is 0 Å². The van der Waals surface area contributed by atoms with Gasteiger partial charge in [-0.15, -0.1) is 0 Å². The second-order valence-corrected chi connectivity index (χ2v) is 8.41. The second kappa shape index (κ2) is 10.7. The number of ether oxygens (including phenoxy) is 1. The lowest BCUT2D eigenvalue weighted by Crippen LogP contribution is -2.49. The third-order valence-corrected chi connectivity index (χ3v) is 5.92. The maximum atomic E-state index is 12.8. The van der Waals surface area contributed by atoms with E-state index in [1.807, 2.05) is 48.2 Å². The summed E-state index contributed by atoms with van der Waals surface area (Å²) in [5, 5.41) is 0.357. The maximum absolute atomic E-state index is 12.8. The van der Waals surface area contributed by atoms with Crippen molar-refractivity contribution in [3.8, 4) is 0 Å². The Labute approximate surface area is 194 Å². The van der Waals surface area contributed by atoms with Gasteiger partial charge in [-0.3, -0.25) is 9.69 Å². The highest BCUT2D eigenvalue weighted by Gasteiger charge is 2.23. The van der Waals surface area contributed by atoms with Crippen molar-refractivity contribution >= 4 is 17.5 Å². The number of carbonyl (C=O) groups excluding carboxylic acids is 1. The molecule has 166 valence electrons. The molecule has 1 fully saturated rings. The molecule has 0 aliphatic carbocycles. The summed E-state index contributed by atoms with van der Waals surface area (Å²) in [6.07, 6.45) is -0.0834. The first-order valence-electron chi connectivity index (χ1n) is 11.0. The number of aromatic nitrogens is 1. The van der Waals surface area contributed by atoms with Crippen molar-refractivity contribution in [2.24, 2.45) is 0 Å². The van der Waals surface area contributed by atoms with Crippen LogP contribution in [0, 0.1) is 6.92 Å². The summed E-state index contributed by atoms with van der Waals surface area (Å²) < 4.78 is 6.34. The minimum atomic E-state index is -0.0834. The zero-order valence-electron chi connectivity index (χ0n) is 18.3. The van der Waals surface area contributed by atoms with Crippen molar-refractivity contribution in [2.45, 2.75) is 13.0 Å². The molecule has 1 saturated heterocycles. The molecule has 0 spiro atoms. The molecule has 2 heterocycles. The summed E-state index contributed by atoms with van der Waals surface area (Å²) in [6.45, 7) is 6.35. The Bertz CT molecular complexity index is 962. The number of benzene rings is 2. The number of rotatable bonds is 7. The number of pyridine rings is 1. The molecule has 4 rings (SSSR count). The van der Waals surface area contributed by atoms with Crippen LogP contribution in [-0.2, 0) is 4.74 Å². The second-order valence-electron chi connectivity index (χ2n) is 8.03. The van der Waals surface area contributed by atoms with Crippen LogP contribution in [-0.4, -0.2) is 60.0 Å². The predicted octanol–water partition coefficient (Wildman–Crippen LogP) is 4.61. The van der Waals surface area contributed by atoms with E-state index in [0.29, 0.717) is 30.4 Å². The minimum absolute atomic E-state index is 0.0153. The molecule has 1 aliphatic rings. The van der Waals surface area contributed by atoms with Crippen molar-refractivity contribution in [1.82, 2.24) is 14.8 Å². The Kier molecular flexibility index (Phi) is 7.53. The summed E-state index contributed by atoms with van der Waals surface area (Å²) in [7, 11) is 0. The fraction of sp³-hybridized carbons (Fsp3) is 0.308. The van der Waals surface area contributed by atoms with Crippen LogP contribution < -0.4 is 0 Å². The Morgan fingerprint density at radius 1 is 0.969 bits per heavy atom. The zero-order valence-corrected chi connectivity index (χ0v) is 19.0. The molecule has 2 aromatic carbocycles. The lowest BCUT2D eigenvalue weighted by atomic mass is 10.0. The standard InChI is InChI=1S/C26H28ClN3O2/c1-20-18-23(19-24(27)28-20)26(31)30-14-12-29(13-15-30)16-17-32-25(21-8-4-2-5-9-21)22-10-6-3-7-11-22/h2-11,18-19,25H,12-17H2,1H3. The molecule has 0 saturated carbocycles. The summed E-state index contributed by atoms with van der Waals surface area (Å²) in [5.74, 6) is 0.0153. The average molecular weight is 450 g/mol. The van der Waals surface area contributed by atoms with E-state index >= 15 is 0 Å². The van der Waals surface area contributed by atoms with Crippen molar-refractivity contribution in [3.63, 3.8) is 0 Å². The van der Waals surface area contributed by atoms with Gasteiger partial charge >= 0.3 is 0 Å². The van der Waals surface area contributed by atoms with E-state index < -0.39 is 0 Å². The lowest BCUT2D eigenvalue weighted by molar-refractivity contribution is 0.0408. The number of nitrogens with zero attached hydrogens (tertiary/aromatic N) is 3. The molecular weight excluding hydrogens is 422 g/mol.